The number of hydrogen-bond donors (Lipinski definition) is 0. The minimum Gasteiger partial charge on any atom is -0.462 e. The molecule has 0 saturated carbocycles. The van der Waals surface area contributed by atoms with Crippen LogP contribution in [0.4, 0.5) is 0 Å². The first kappa shape index (κ1) is 79.3. The van der Waals surface area contributed by atoms with Crippen LogP contribution >= 0.6 is 0 Å². The molecule has 0 bridgehead atoms. The first-order valence-corrected chi connectivity index (χ1v) is 35.7. The summed E-state index contributed by atoms with van der Waals surface area (Å²) < 4.78 is 17.0. The van der Waals surface area contributed by atoms with Gasteiger partial charge in [0.1, 0.15) is 13.2 Å². The predicted molar refractivity (Wildman–Crippen MR) is 362 cm³/mol. The molecule has 1 unspecified atom stereocenters. The molecule has 0 saturated heterocycles. The Morgan fingerprint density at radius 2 is 0.470 bits per heavy atom. The van der Waals surface area contributed by atoms with Gasteiger partial charge in [0.15, 0.2) is 6.10 Å². The van der Waals surface area contributed by atoms with Gasteiger partial charge in [-0.25, -0.2) is 0 Å². The van der Waals surface area contributed by atoms with Crippen LogP contribution in [-0.2, 0) is 28.6 Å². The highest BCUT2D eigenvalue weighted by molar-refractivity contribution is 5.71. The Bertz CT molecular complexity index is 1610. The van der Waals surface area contributed by atoms with Crippen molar-refractivity contribution in [2.75, 3.05) is 13.2 Å². The SMILES string of the molecule is CC/C=C\C/C=C\C/C=C\C/C=C\C/C=C\CCCCCCCCCCCC(=O)OCC(COC(=O)CCCCCCCCCCCCCCCCCCC)OC(=O)CCCCCCCCCC/C=C\C/C=C\C/C=C\CCCCCCC. The van der Waals surface area contributed by atoms with Crippen LogP contribution in [0.5, 0.6) is 0 Å². The Hall–Kier alpha value is -3.67. The summed E-state index contributed by atoms with van der Waals surface area (Å²) in [5.74, 6) is -0.874. The van der Waals surface area contributed by atoms with E-state index in [4.69, 9.17) is 14.2 Å². The van der Waals surface area contributed by atoms with Gasteiger partial charge in [-0.15, -0.1) is 0 Å². The van der Waals surface area contributed by atoms with E-state index in [0.717, 1.165) is 116 Å². The lowest BCUT2D eigenvalue weighted by atomic mass is 10.0. The highest BCUT2D eigenvalue weighted by atomic mass is 16.6. The summed E-state index contributed by atoms with van der Waals surface area (Å²) in [5, 5.41) is 0. The molecular formula is C77H134O6. The number of esters is 3. The maximum Gasteiger partial charge on any atom is 0.306 e. The van der Waals surface area contributed by atoms with E-state index in [-0.39, 0.29) is 31.1 Å². The van der Waals surface area contributed by atoms with Crippen LogP contribution in [0.2, 0.25) is 0 Å². The van der Waals surface area contributed by atoms with Gasteiger partial charge in [0.25, 0.3) is 0 Å². The number of hydrogen-bond acceptors (Lipinski definition) is 6. The van der Waals surface area contributed by atoms with Crippen molar-refractivity contribution >= 4 is 17.9 Å². The maximum absolute atomic E-state index is 13.0. The van der Waals surface area contributed by atoms with Crippen molar-refractivity contribution in [1.29, 1.82) is 0 Å². The molecule has 0 amide bonds. The fraction of sp³-hybridized carbons (Fsp3) is 0.753. The highest BCUT2D eigenvalue weighted by Crippen LogP contribution is 2.17. The minimum absolute atomic E-state index is 0.0791. The number of allylic oxidation sites excluding steroid dienone is 16. The van der Waals surface area contributed by atoms with Crippen molar-refractivity contribution < 1.29 is 28.6 Å². The van der Waals surface area contributed by atoms with Crippen LogP contribution in [-0.4, -0.2) is 37.2 Å². The largest absolute Gasteiger partial charge is 0.462 e. The van der Waals surface area contributed by atoms with Gasteiger partial charge in [-0.2, -0.15) is 0 Å². The number of carbonyl (C=O) groups is 3. The molecule has 0 spiro atoms. The summed E-state index contributed by atoms with van der Waals surface area (Å²) in [6.07, 6.45) is 95.6. The number of ether oxygens (including phenoxy) is 3. The molecule has 83 heavy (non-hydrogen) atoms. The van der Waals surface area contributed by atoms with Gasteiger partial charge in [0, 0.05) is 19.3 Å². The lowest BCUT2D eigenvalue weighted by Crippen LogP contribution is -2.30. The Morgan fingerprint density at radius 3 is 0.735 bits per heavy atom. The van der Waals surface area contributed by atoms with Crippen LogP contribution in [0.15, 0.2) is 97.2 Å². The van der Waals surface area contributed by atoms with Gasteiger partial charge >= 0.3 is 17.9 Å². The van der Waals surface area contributed by atoms with Crippen LogP contribution in [0.3, 0.4) is 0 Å². The van der Waals surface area contributed by atoms with Gasteiger partial charge < -0.3 is 14.2 Å². The van der Waals surface area contributed by atoms with Gasteiger partial charge in [-0.3, -0.25) is 14.4 Å². The van der Waals surface area contributed by atoms with E-state index in [0.29, 0.717) is 19.3 Å². The van der Waals surface area contributed by atoms with Crippen molar-refractivity contribution in [3.05, 3.63) is 97.2 Å². The molecule has 0 N–H and O–H groups in total. The summed E-state index contributed by atoms with van der Waals surface area (Å²) in [5.41, 5.74) is 0. The van der Waals surface area contributed by atoms with E-state index in [1.807, 2.05) is 0 Å². The second kappa shape index (κ2) is 70.8. The fourth-order valence-electron chi connectivity index (χ4n) is 10.2. The predicted octanol–water partition coefficient (Wildman–Crippen LogP) is 24.8. The summed E-state index contributed by atoms with van der Waals surface area (Å²) in [6, 6.07) is 0. The molecule has 0 aromatic rings. The van der Waals surface area contributed by atoms with Gasteiger partial charge in [-0.1, -0.05) is 330 Å². The summed E-state index contributed by atoms with van der Waals surface area (Å²) in [4.78, 5) is 38.5. The Morgan fingerprint density at radius 1 is 0.253 bits per heavy atom. The third-order valence-corrected chi connectivity index (χ3v) is 15.6. The Balaban J connectivity index is 4.38. The topological polar surface area (TPSA) is 78.9 Å². The van der Waals surface area contributed by atoms with Gasteiger partial charge in [0.2, 0.25) is 0 Å². The third kappa shape index (κ3) is 69.0. The molecule has 0 aromatic carbocycles. The van der Waals surface area contributed by atoms with Crippen molar-refractivity contribution in [2.24, 2.45) is 0 Å². The van der Waals surface area contributed by atoms with Crippen molar-refractivity contribution in [3.63, 3.8) is 0 Å². The monoisotopic (exact) mass is 1160 g/mol. The quantitative estimate of drug-likeness (QED) is 0.0261. The van der Waals surface area contributed by atoms with E-state index in [9.17, 15) is 14.4 Å². The van der Waals surface area contributed by atoms with Crippen LogP contribution in [0.1, 0.15) is 355 Å². The smallest absolute Gasteiger partial charge is 0.306 e. The zero-order chi connectivity index (χ0) is 59.9. The minimum atomic E-state index is -0.786. The lowest BCUT2D eigenvalue weighted by molar-refractivity contribution is -0.167. The third-order valence-electron chi connectivity index (χ3n) is 15.6. The van der Waals surface area contributed by atoms with Crippen LogP contribution in [0.25, 0.3) is 0 Å². The summed E-state index contributed by atoms with van der Waals surface area (Å²) in [7, 11) is 0. The van der Waals surface area contributed by atoms with E-state index >= 15 is 0 Å². The second-order valence-corrected chi connectivity index (χ2v) is 23.8. The first-order valence-electron chi connectivity index (χ1n) is 35.7. The van der Waals surface area contributed by atoms with E-state index in [2.05, 4.69) is 118 Å². The van der Waals surface area contributed by atoms with Crippen molar-refractivity contribution in [3.8, 4) is 0 Å². The molecule has 478 valence electrons. The number of unbranched alkanes of at least 4 members (excludes halogenated alkanes) is 38. The normalized spacial score (nSPS) is 12.7. The molecule has 0 radical (unpaired) electrons. The first-order chi connectivity index (χ1) is 41.0. The molecule has 0 aliphatic rings. The van der Waals surface area contributed by atoms with Crippen molar-refractivity contribution in [1.82, 2.24) is 0 Å². The van der Waals surface area contributed by atoms with Crippen LogP contribution in [0, 0.1) is 0 Å². The number of carbonyl (C=O) groups excluding carboxylic acids is 3. The van der Waals surface area contributed by atoms with Gasteiger partial charge in [-0.05, 0) is 103 Å². The molecular weight excluding hydrogens is 1020 g/mol. The molecule has 1 atom stereocenters. The molecule has 0 heterocycles. The van der Waals surface area contributed by atoms with Crippen molar-refractivity contribution in [2.45, 2.75) is 361 Å². The average Bonchev–Trinajstić information content (AvgIpc) is 3.49. The van der Waals surface area contributed by atoms with Crippen LogP contribution < -0.4 is 0 Å². The molecule has 0 rings (SSSR count). The zero-order valence-electron chi connectivity index (χ0n) is 54.9. The maximum atomic E-state index is 13.0. The Kier molecular flexibility index (Phi) is 67.7. The molecule has 0 aromatic heterocycles. The highest BCUT2D eigenvalue weighted by Gasteiger charge is 2.19. The number of rotatable bonds is 65. The zero-order valence-corrected chi connectivity index (χ0v) is 54.9. The lowest BCUT2D eigenvalue weighted by Gasteiger charge is -2.18. The Labute approximate surface area is 515 Å². The standard InChI is InChI=1S/C77H134O6/c1-4-7-10-13-16-19-22-25-28-31-33-35-37-38-40-41-43-46-49-52-55-58-61-64-67-70-76(79)82-73-74(72-81-75(78)69-66-63-60-57-54-51-48-45-30-27-24-21-18-15-12-9-6-3)83-77(80)71-68-65-62-59-56-53-50-47-44-42-39-36-34-32-29-26-23-20-17-14-11-8-5-2/h7,10,16,19,23,25-26,28,32-35,38-40,42,74H,4-6,8-9,11-15,17-18,20-22,24,27,29-31,36-37,41,43-73H2,1-3H3/b10-7-,19-16-,26-23-,28-25-,34-32-,35-33-,40-38-,42-39-. The molecule has 0 aliphatic carbocycles. The fourth-order valence-corrected chi connectivity index (χ4v) is 10.2. The summed E-state index contributed by atoms with van der Waals surface area (Å²) >= 11 is 0. The van der Waals surface area contributed by atoms with Gasteiger partial charge in [0.05, 0.1) is 0 Å². The summed E-state index contributed by atoms with van der Waals surface area (Å²) in [6.45, 7) is 6.56. The van der Waals surface area contributed by atoms with E-state index < -0.39 is 6.10 Å². The molecule has 0 aliphatic heterocycles. The second-order valence-electron chi connectivity index (χ2n) is 23.8. The van der Waals surface area contributed by atoms with E-state index in [1.165, 1.54) is 199 Å². The van der Waals surface area contributed by atoms with E-state index in [1.54, 1.807) is 0 Å². The average molecular weight is 1160 g/mol. The molecule has 0 fully saturated rings. The molecule has 6 heteroatoms. The molecule has 6 nitrogen and oxygen atoms in total.